The van der Waals surface area contributed by atoms with Crippen molar-refractivity contribution < 1.29 is 36.1 Å². The van der Waals surface area contributed by atoms with Crippen LogP contribution < -0.4 is 16.2 Å². The Morgan fingerprint density at radius 1 is 1.14 bits per heavy atom. The normalized spacial score (nSPS) is 14.9. The number of hydrogen-bond acceptors (Lipinski definition) is 9. The summed E-state index contributed by atoms with van der Waals surface area (Å²) >= 11 is 5.87. The first kappa shape index (κ1) is 31.0. The molecule has 0 saturated carbocycles. The molecule has 0 spiro atoms. The first-order valence-electron chi connectivity index (χ1n) is 12.5. The number of hydrogen-bond donors (Lipinski definition) is 3. The van der Waals surface area contributed by atoms with Gasteiger partial charge in [-0.15, -0.1) is 0 Å². The van der Waals surface area contributed by atoms with E-state index in [1.807, 2.05) is 0 Å². The number of carbonyl (C=O) groups excluding carboxylic acids is 2. The molecule has 1 aromatic heterocycles. The smallest absolute Gasteiger partial charge is 0.273 e. The minimum atomic E-state index is -4.72. The molecule has 1 saturated heterocycles. The molecule has 1 atom stereocenters. The molecule has 16 heteroatoms. The molecule has 1 aliphatic rings. The number of amides is 2. The van der Waals surface area contributed by atoms with Gasteiger partial charge in [-0.2, -0.15) is 8.42 Å². The van der Waals surface area contributed by atoms with E-state index in [1.54, 1.807) is 9.80 Å². The quantitative estimate of drug-likeness (QED) is 0.236. The molecule has 2 heterocycles. The van der Waals surface area contributed by atoms with Gasteiger partial charge >= 0.3 is 0 Å². The van der Waals surface area contributed by atoms with Gasteiger partial charge in [0, 0.05) is 56.3 Å². The summed E-state index contributed by atoms with van der Waals surface area (Å²) in [4.78, 5) is 35.4. The van der Waals surface area contributed by atoms with Gasteiger partial charge in [0.2, 0.25) is 11.8 Å². The Balaban J connectivity index is 1.72. The summed E-state index contributed by atoms with van der Waals surface area (Å²) in [6.45, 7) is 2.20. The third kappa shape index (κ3) is 6.92. The molecule has 0 aliphatic carbocycles. The van der Waals surface area contributed by atoms with Gasteiger partial charge in [0.25, 0.3) is 16.0 Å². The number of halogens is 3. The Morgan fingerprint density at radius 2 is 1.81 bits per heavy atom. The predicted molar refractivity (Wildman–Crippen MR) is 149 cm³/mol. The van der Waals surface area contributed by atoms with Crippen LogP contribution in [0.1, 0.15) is 33.7 Å². The summed E-state index contributed by atoms with van der Waals surface area (Å²) < 4.78 is 69.2. The molecule has 0 radical (unpaired) electrons. The fraction of sp³-hybridized carbons (Fsp3) is 0.308. The number of nitrogens with zero attached hydrogens (tertiary/aromatic N) is 4. The minimum absolute atomic E-state index is 0.00705. The minimum Gasteiger partial charge on any atom is -0.470 e. The second-order valence-corrected chi connectivity index (χ2v) is 11.5. The summed E-state index contributed by atoms with van der Waals surface area (Å²) in [6, 6.07) is 5.67. The molecule has 2 aromatic carbocycles. The van der Waals surface area contributed by atoms with Gasteiger partial charge < -0.3 is 21.1 Å². The van der Waals surface area contributed by atoms with Crippen LogP contribution in [0.2, 0.25) is 5.02 Å². The first-order chi connectivity index (χ1) is 19.8. The average Bonchev–Trinajstić information content (AvgIpc) is 2.94. The van der Waals surface area contributed by atoms with E-state index in [0.717, 1.165) is 12.1 Å². The first-order valence-corrected chi connectivity index (χ1v) is 14.4. The molecule has 5 N–H and O–H groups in total. The zero-order valence-corrected chi connectivity index (χ0v) is 23.8. The monoisotopic (exact) mass is 624 g/mol. The molecule has 1 aliphatic heterocycles. The molecule has 4 rings (SSSR count). The molecule has 3 aromatic rings. The highest BCUT2D eigenvalue weighted by Gasteiger charge is 2.32. The van der Waals surface area contributed by atoms with E-state index in [-0.39, 0.29) is 52.1 Å². The number of benzene rings is 2. The number of piperazine rings is 1. The summed E-state index contributed by atoms with van der Waals surface area (Å²) in [5, 5.41) is -1.99. The summed E-state index contributed by atoms with van der Waals surface area (Å²) in [5.74, 6) is -3.16. The number of anilines is 1. The van der Waals surface area contributed by atoms with Crippen LogP contribution in [0.5, 0.6) is 5.88 Å². The Morgan fingerprint density at radius 3 is 2.43 bits per heavy atom. The standard InChI is InChI=1S/C26H27ClF2N6O6S/c1-14(36)35-8-6-34(7-9-35)12-22(42(38,39)40)16-3-2-15(25(31)37)10-17(16)21-11-32-24(30)26(33-21)41-13-18-19(28)4-5-20(29)23(18)27/h2-5,10-11,22H,6-9,12-13H2,1H3,(H2,30,32)(H2,31,37)(H,38,39,40). The molecule has 224 valence electrons. The highest BCUT2D eigenvalue weighted by atomic mass is 35.5. The maximum Gasteiger partial charge on any atom is 0.273 e. The number of rotatable bonds is 9. The van der Waals surface area contributed by atoms with Crippen molar-refractivity contribution in [3.63, 3.8) is 0 Å². The largest absolute Gasteiger partial charge is 0.470 e. The lowest BCUT2D eigenvalue weighted by Crippen LogP contribution is -2.49. The van der Waals surface area contributed by atoms with Crippen molar-refractivity contribution in [2.24, 2.45) is 5.73 Å². The van der Waals surface area contributed by atoms with Crippen LogP contribution in [-0.4, -0.2) is 77.3 Å². The number of nitrogen functional groups attached to an aromatic ring is 1. The van der Waals surface area contributed by atoms with Crippen LogP contribution in [0.15, 0.2) is 36.5 Å². The van der Waals surface area contributed by atoms with Crippen LogP contribution in [0.25, 0.3) is 11.3 Å². The van der Waals surface area contributed by atoms with Crippen molar-refractivity contribution in [3.8, 4) is 17.1 Å². The maximum atomic E-state index is 14.3. The maximum absolute atomic E-state index is 14.3. The fourth-order valence-corrected chi connectivity index (χ4v) is 5.64. The lowest BCUT2D eigenvalue weighted by atomic mass is 9.98. The Kier molecular flexibility index (Phi) is 9.25. The van der Waals surface area contributed by atoms with E-state index in [1.165, 1.54) is 31.3 Å². The lowest BCUT2D eigenvalue weighted by molar-refractivity contribution is -0.130. The van der Waals surface area contributed by atoms with Crippen molar-refractivity contribution in [1.82, 2.24) is 19.8 Å². The Labute approximate surface area is 245 Å². The SMILES string of the molecule is CC(=O)N1CCN(CC(c2ccc(C(N)=O)cc2-c2cnc(N)c(OCc3c(F)ccc(F)c3Cl)n2)S(=O)(=O)O)CC1. The average molecular weight is 625 g/mol. The second-order valence-electron chi connectivity index (χ2n) is 9.53. The number of primary amides is 1. The van der Waals surface area contributed by atoms with E-state index in [0.29, 0.717) is 26.2 Å². The van der Waals surface area contributed by atoms with E-state index >= 15 is 0 Å². The second kappa shape index (κ2) is 12.5. The van der Waals surface area contributed by atoms with Crippen LogP contribution in [0.4, 0.5) is 14.6 Å². The van der Waals surface area contributed by atoms with E-state index in [9.17, 15) is 31.3 Å². The van der Waals surface area contributed by atoms with E-state index in [2.05, 4.69) is 9.97 Å². The van der Waals surface area contributed by atoms with Gasteiger partial charge in [0.05, 0.1) is 16.9 Å². The predicted octanol–water partition coefficient (Wildman–Crippen LogP) is 2.43. The van der Waals surface area contributed by atoms with Crippen molar-refractivity contribution in [2.45, 2.75) is 18.8 Å². The van der Waals surface area contributed by atoms with Gasteiger partial charge in [0.15, 0.2) is 5.82 Å². The molecule has 12 nitrogen and oxygen atoms in total. The molecule has 1 fully saturated rings. The Hall–Kier alpha value is -3.92. The van der Waals surface area contributed by atoms with Crippen LogP contribution in [0.3, 0.4) is 0 Å². The van der Waals surface area contributed by atoms with Gasteiger partial charge in [-0.1, -0.05) is 17.7 Å². The number of carbonyl (C=O) groups is 2. The highest BCUT2D eigenvalue weighted by Crippen LogP contribution is 2.35. The van der Waals surface area contributed by atoms with Crippen LogP contribution in [-0.2, 0) is 21.5 Å². The van der Waals surface area contributed by atoms with Crippen molar-refractivity contribution in [3.05, 3.63) is 69.9 Å². The van der Waals surface area contributed by atoms with Gasteiger partial charge in [0.1, 0.15) is 23.5 Å². The molecule has 1 unspecified atom stereocenters. The van der Waals surface area contributed by atoms with Crippen molar-refractivity contribution >= 4 is 39.4 Å². The lowest BCUT2D eigenvalue weighted by Gasteiger charge is -2.35. The fourth-order valence-electron chi connectivity index (χ4n) is 4.50. The molecule has 42 heavy (non-hydrogen) atoms. The van der Waals surface area contributed by atoms with Crippen LogP contribution in [0, 0.1) is 11.6 Å². The van der Waals surface area contributed by atoms with Gasteiger partial charge in [-0.3, -0.25) is 19.0 Å². The van der Waals surface area contributed by atoms with Gasteiger partial charge in [-0.25, -0.2) is 18.7 Å². The zero-order chi connectivity index (χ0) is 30.8. The number of nitrogens with two attached hydrogens (primary N) is 2. The summed E-state index contributed by atoms with van der Waals surface area (Å²) in [7, 11) is -4.72. The number of aromatic nitrogens is 2. The van der Waals surface area contributed by atoms with E-state index in [4.69, 9.17) is 27.8 Å². The highest BCUT2D eigenvalue weighted by molar-refractivity contribution is 7.86. The molecular weight excluding hydrogens is 598 g/mol. The number of ether oxygens (including phenoxy) is 1. The summed E-state index contributed by atoms with van der Waals surface area (Å²) in [6.07, 6.45) is 1.19. The summed E-state index contributed by atoms with van der Waals surface area (Å²) in [5.41, 5.74) is 11.2. The van der Waals surface area contributed by atoms with Crippen molar-refractivity contribution in [2.75, 3.05) is 38.5 Å². The molecular formula is C26H27ClF2N6O6S. The molecule has 2 amide bonds. The topological polar surface area (TPSA) is 182 Å². The van der Waals surface area contributed by atoms with Crippen LogP contribution >= 0.6 is 11.6 Å². The zero-order valence-electron chi connectivity index (χ0n) is 22.3. The molecule has 0 bridgehead atoms. The third-order valence-electron chi connectivity index (χ3n) is 6.82. The third-order valence-corrected chi connectivity index (χ3v) is 8.35. The van der Waals surface area contributed by atoms with E-state index < -0.39 is 44.5 Å². The Bertz CT molecular complexity index is 1640. The van der Waals surface area contributed by atoms with Gasteiger partial charge in [-0.05, 0) is 29.8 Å². The van der Waals surface area contributed by atoms with Crippen molar-refractivity contribution in [1.29, 1.82) is 0 Å².